The van der Waals surface area contributed by atoms with Crippen LogP contribution in [0.25, 0.3) is 10.9 Å². The van der Waals surface area contributed by atoms with Crippen molar-refractivity contribution in [3.8, 4) is 0 Å². The molecule has 2 N–H and O–H groups in total. The van der Waals surface area contributed by atoms with Crippen LogP contribution >= 0.6 is 0 Å². The normalized spacial score (nSPS) is 13.5. The number of benzene rings is 1. The second kappa shape index (κ2) is 6.99. The smallest absolute Gasteiger partial charge is 0.322 e. The van der Waals surface area contributed by atoms with Crippen LogP contribution in [0.5, 0.6) is 0 Å². The molecule has 0 radical (unpaired) electrons. The summed E-state index contributed by atoms with van der Waals surface area (Å²) < 4.78 is 1.04. The molecule has 122 valence electrons. The van der Waals surface area contributed by atoms with Gasteiger partial charge in [0.2, 0.25) is 5.91 Å². The topological polar surface area (TPSA) is 114 Å². The summed E-state index contributed by atoms with van der Waals surface area (Å²) in [6, 6.07) is 5.82. The van der Waals surface area contributed by atoms with Crippen molar-refractivity contribution in [3.63, 3.8) is 0 Å². The van der Waals surface area contributed by atoms with Gasteiger partial charge in [0.05, 0.1) is 5.39 Å². The predicted octanol–water partition coefficient (Wildman–Crippen LogP) is 0.579. The van der Waals surface area contributed by atoms with Crippen molar-refractivity contribution in [1.82, 2.24) is 20.3 Å². The molecule has 0 bridgehead atoms. The lowest BCUT2D eigenvalue weighted by Crippen LogP contribution is -2.43. The highest BCUT2D eigenvalue weighted by atomic mass is 16.4. The first-order valence-corrected chi connectivity index (χ1v) is 7.29. The average Bonchev–Trinajstić information content (AvgIpc) is 2.55. The van der Waals surface area contributed by atoms with E-state index in [2.05, 4.69) is 15.6 Å². The highest BCUT2D eigenvalue weighted by Crippen LogP contribution is 2.19. The standard InChI is InChI=1S/C15H18N4O4/c1-3-9(2)13(14(22)16-8-12(20)21)19-15(23)10-6-4-5-7-11(10)17-18-19/h4-7,9,13H,3,8H2,1-2H3,(H,16,22)(H,20,21)/t9-,13+/m0/s1. The summed E-state index contributed by atoms with van der Waals surface area (Å²) in [6.07, 6.45) is 0.617. The zero-order chi connectivity index (χ0) is 17.0. The molecule has 0 saturated carbocycles. The first kappa shape index (κ1) is 16.6. The van der Waals surface area contributed by atoms with E-state index in [1.807, 2.05) is 6.92 Å². The van der Waals surface area contributed by atoms with Gasteiger partial charge >= 0.3 is 5.97 Å². The number of hydrogen-bond acceptors (Lipinski definition) is 5. The number of aliphatic carboxylic acids is 1. The van der Waals surface area contributed by atoms with Crippen LogP contribution in [0.4, 0.5) is 0 Å². The van der Waals surface area contributed by atoms with Crippen LogP contribution in [0.15, 0.2) is 29.1 Å². The Morgan fingerprint density at radius 1 is 1.35 bits per heavy atom. The van der Waals surface area contributed by atoms with Crippen molar-refractivity contribution >= 4 is 22.8 Å². The Labute approximate surface area is 132 Å². The third-order valence-electron chi connectivity index (χ3n) is 3.72. The molecule has 1 heterocycles. The molecule has 0 fully saturated rings. The molecule has 0 unspecified atom stereocenters. The zero-order valence-electron chi connectivity index (χ0n) is 12.9. The van der Waals surface area contributed by atoms with E-state index in [4.69, 9.17) is 5.11 Å². The van der Waals surface area contributed by atoms with Gasteiger partial charge in [0.15, 0.2) is 0 Å². The number of fused-ring (bicyclic) bond motifs is 1. The Balaban J connectivity index is 2.47. The summed E-state index contributed by atoms with van der Waals surface area (Å²) in [7, 11) is 0. The Morgan fingerprint density at radius 3 is 2.70 bits per heavy atom. The maximum absolute atomic E-state index is 12.6. The van der Waals surface area contributed by atoms with Gasteiger partial charge in [-0.3, -0.25) is 14.4 Å². The monoisotopic (exact) mass is 318 g/mol. The van der Waals surface area contributed by atoms with E-state index in [1.165, 1.54) is 0 Å². The van der Waals surface area contributed by atoms with Gasteiger partial charge in [-0.05, 0) is 18.1 Å². The molecule has 0 spiro atoms. The van der Waals surface area contributed by atoms with E-state index in [0.29, 0.717) is 17.3 Å². The van der Waals surface area contributed by atoms with Crippen LogP contribution in [0.1, 0.15) is 26.3 Å². The minimum Gasteiger partial charge on any atom is -0.480 e. The average molecular weight is 318 g/mol. The van der Waals surface area contributed by atoms with Crippen molar-refractivity contribution in [1.29, 1.82) is 0 Å². The summed E-state index contributed by atoms with van der Waals surface area (Å²) in [5.41, 5.74) is 0.0222. The van der Waals surface area contributed by atoms with E-state index in [-0.39, 0.29) is 5.92 Å². The molecule has 2 atom stereocenters. The van der Waals surface area contributed by atoms with Crippen LogP contribution in [0, 0.1) is 5.92 Å². The minimum absolute atomic E-state index is 0.211. The highest BCUT2D eigenvalue weighted by Gasteiger charge is 2.29. The molecule has 0 aliphatic heterocycles. The number of carboxylic acids is 1. The molecule has 8 heteroatoms. The lowest BCUT2D eigenvalue weighted by atomic mass is 9.98. The van der Waals surface area contributed by atoms with Crippen molar-refractivity contribution in [2.24, 2.45) is 5.92 Å². The van der Waals surface area contributed by atoms with Gasteiger partial charge in [-0.15, -0.1) is 5.10 Å². The zero-order valence-corrected chi connectivity index (χ0v) is 12.9. The number of amides is 1. The number of nitrogens with one attached hydrogen (secondary N) is 1. The molecule has 2 rings (SSSR count). The molecular formula is C15H18N4O4. The van der Waals surface area contributed by atoms with Gasteiger partial charge in [-0.25, -0.2) is 0 Å². The number of carbonyl (C=O) groups is 2. The van der Waals surface area contributed by atoms with Gasteiger partial charge < -0.3 is 10.4 Å². The summed E-state index contributed by atoms with van der Waals surface area (Å²) in [6.45, 7) is 3.16. The summed E-state index contributed by atoms with van der Waals surface area (Å²) in [4.78, 5) is 35.6. The maximum Gasteiger partial charge on any atom is 0.322 e. The van der Waals surface area contributed by atoms with Gasteiger partial charge in [-0.2, -0.15) is 4.68 Å². The Hall–Kier alpha value is -2.77. The quantitative estimate of drug-likeness (QED) is 0.805. The van der Waals surface area contributed by atoms with E-state index in [1.54, 1.807) is 31.2 Å². The molecule has 0 aliphatic rings. The first-order valence-electron chi connectivity index (χ1n) is 7.29. The molecule has 8 nitrogen and oxygen atoms in total. The van der Waals surface area contributed by atoms with Crippen LogP contribution in [-0.2, 0) is 9.59 Å². The Bertz CT molecular complexity index is 786. The number of rotatable bonds is 6. The second-order valence-electron chi connectivity index (χ2n) is 5.30. The lowest BCUT2D eigenvalue weighted by Gasteiger charge is -2.22. The van der Waals surface area contributed by atoms with Gasteiger partial charge in [0, 0.05) is 0 Å². The Morgan fingerprint density at radius 2 is 2.04 bits per heavy atom. The van der Waals surface area contributed by atoms with E-state index in [0.717, 1.165) is 4.68 Å². The van der Waals surface area contributed by atoms with E-state index in [9.17, 15) is 14.4 Å². The van der Waals surface area contributed by atoms with Crippen molar-refractivity contribution in [3.05, 3.63) is 34.6 Å². The molecule has 2 aromatic rings. The van der Waals surface area contributed by atoms with Gasteiger partial charge in [0.25, 0.3) is 5.56 Å². The van der Waals surface area contributed by atoms with Crippen LogP contribution in [0.3, 0.4) is 0 Å². The van der Waals surface area contributed by atoms with Crippen molar-refractivity contribution < 1.29 is 14.7 Å². The number of carbonyl (C=O) groups excluding carboxylic acids is 1. The van der Waals surface area contributed by atoms with Crippen molar-refractivity contribution in [2.45, 2.75) is 26.3 Å². The summed E-state index contributed by atoms with van der Waals surface area (Å²) in [5, 5.41) is 19.2. The maximum atomic E-state index is 12.6. The number of hydrogen-bond donors (Lipinski definition) is 2. The fourth-order valence-electron chi connectivity index (χ4n) is 2.29. The molecule has 23 heavy (non-hydrogen) atoms. The van der Waals surface area contributed by atoms with Crippen LogP contribution in [0.2, 0.25) is 0 Å². The molecule has 1 amide bonds. The lowest BCUT2D eigenvalue weighted by molar-refractivity contribution is -0.138. The number of carboxylic acid groups (broad SMARTS) is 1. The third kappa shape index (κ3) is 3.53. The summed E-state index contributed by atoms with van der Waals surface area (Å²) in [5.74, 6) is -1.93. The van der Waals surface area contributed by atoms with E-state index >= 15 is 0 Å². The molecule has 0 aliphatic carbocycles. The van der Waals surface area contributed by atoms with Crippen LogP contribution in [-0.4, -0.2) is 38.5 Å². The SMILES string of the molecule is CC[C@H](C)[C@H](C(=O)NCC(=O)O)n1nnc2ccccc2c1=O. The fraction of sp³-hybridized carbons (Fsp3) is 0.400. The molecule has 1 aromatic carbocycles. The van der Waals surface area contributed by atoms with Crippen LogP contribution < -0.4 is 10.9 Å². The third-order valence-corrected chi connectivity index (χ3v) is 3.72. The highest BCUT2D eigenvalue weighted by molar-refractivity contribution is 5.84. The Kier molecular flexibility index (Phi) is 5.05. The van der Waals surface area contributed by atoms with E-state index < -0.39 is 30.0 Å². The summed E-state index contributed by atoms with van der Waals surface area (Å²) >= 11 is 0. The predicted molar refractivity (Wildman–Crippen MR) is 82.9 cm³/mol. The molecule has 0 saturated heterocycles. The number of aromatic nitrogens is 3. The fourth-order valence-corrected chi connectivity index (χ4v) is 2.29. The molecular weight excluding hydrogens is 300 g/mol. The number of nitrogens with zero attached hydrogens (tertiary/aromatic N) is 3. The van der Waals surface area contributed by atoms with Gasteiger partial charge in [-0.1, -0.05) is 37.6 Å². The first-order chi connectivity index (χ1) is 11.0. The minimum atomic E-state index is -1.15. The molecule has 1 aromatic heterocycles. The largest absolute Gasteiger partial charge is 0.480 e. The van der Waals surface area contributed by atoms with Crippen molar-refractivity contribution in [2.75, 3.05) is 6.54 Å². The van der Waals surface area contributed by atoms with Gasteiger partial charge in [0.1, 0.15) is 18.1 Å². The second-order valence-corrected chi connectivity index (χ2v) is 5.30.